The predicted octanol–water partition coefficient (Wildman–Crippen LogP) is 3.64. The van der Waals surface area contributed by atoms with Gasteiger partial charge < -0.3 is 19.1 Å². The summed E-state index contributed by atoms with van der Waals surface area (Å²) in [5.74, 6) is 1.62. The number of nitrogens with zero attached hydrogens (tertiary/aromatic N) is 1. The van der Waals surface area contributed by atoms with Crippen molar-refractivity contribution in [2.75, 3.05) is 27.1 Å². The molecule has 1 aliphatic heterocycles. The molecule has 3 rings (SSSR count). The van der Waals surface area contributed by atoms with Gasteiger partial charge in [-0.05, 0) is 49.1 Å². The van der Waals surface area contributed by atoms with Gasteiger partial charge in [0.2, 0.25) is 12.7 Å². The summed E-state index contributed by atoms with van der Waals surface area (Å²) in [7, 11) is 1.65. The Bertz CT molecular complexity index is 803. The molecular weight excluding hydrogens is 342 g/mol. The van der Waals surface area contributed by atoms with Gasteiger partial charge in [-0.1, -0.05) is 29.8 Å². The van der Waals surface area contributed by atoms with Gasteiger partial charge >= 0.3 is 0 Å². The highest BCUT2D eigenvalue weighted by molar-refractivity contribution is 5.76. The standard InChI is InChI=1S/C22H27NO4/c1-16-4-6-19(17(2)12-16)7-9-22(24)23(10-11-25-3)14-18-5-8-20-21(13-18)27-15-26-20/h4-6,8,12-13H,7,9-11,14-15H2,1-3H3. The maximum absolute atomic E-state index is 12.9. The average Bonchev–Trinajstić information content (AvgIpc) is 3.12. The van der Waals surface area contributed by atoms with E-state index in [2.05, 4.69) is 32.0 Å². The number of methoxy groups -OCH3 is 1. The van der Waals surface area contributed by atoms with Crippen molar-refractivity contribution in [1.29, 1.82) is 0 Å². The third-order valence-corrected chi connectivity index (χ3v) is 4.83. The van der Waals surface area contributed by atoms with Crippen LogP contribution in [0.4, 0.5) is 0 Å². The minimum absolute atomic E-state index is 0.129. The summed E-state index contributed by atoms with van der Waals surface area (Å²) in [4.78, 5) is 14.7. The number of hydrogen-bond donors (Lipinski definition) is 0. The van der Waals surface area contributed by atoms with E-state index in [1.807, 2.05) is 23.1 Å². The van der Waals surface area contributed by atoms with E-state index in [0.717, 1.165) is 23.5 Å². The van der Waals surface area contributed by atoms with E-state index in [9.17, 15) is 4.79 Å². The van der Waals surface area contributed by atoms with Gasteiger partial charge in [0.05, 0.1) is 6.61 Å². The first-order chi connectivity index (χ1) is 13.1. The third kappa shape index (κ3) is 5.01. The van der Waals surface area contributed by atoms with Crippen molar-refractivity contribution in [1.82, 2.24) is 4.90 Å². The Kier molecular flexibility index (Phi) is 6.35. The summed E-state index contributed by atoms with van der Waals surface area (Å²) in [6.45, 7) is 6.05. The zero-order chi connectivity index (χ0) is 19.2. The molecule has 0 saturated carbocycles. The van der Waals surface area contributed by atoms with Gasteiger partial charge in [-0.25, -0.2) is 0 Å². The molecule has 27 heavy (non-hydrogen) atoms. The van der Waals surface area contributed by atoms with Crippen LogP contribution in [0.1, 0.15) is 28.7 Å². The normalized spacial score (nSPS) is 12.3. The van der Waals surface area contributed by atoms with Gasteiger partial charge in [0.25, 0.3) is 0 Å². The summed E-state index contributed by atoms with van der Waals surface area (Å²) < 4.78 is 16.0. The van der Waals surface area contributed by atoms with E-state index in [1.54, 1.807) is 7.11 Å². The van der Waals surface area contributed by atoms with E-state index < -0.39 is 0 Å². The van der Waals surface area contributed by atoms with Crippen molar-refractivity contribution in [3.05, 3.63) is 58.7 Å². The highest BCUT2D eigenvalue weighted by Gasteiger charge is 2.18. The van der Waals surface area contributed by atoms with Gasteiger partial charge in [0.1, 0.15) is 0 Å². The second kappa shape index (κ2) is 8.91. The van der Waals surface area contributed by atoms with Crippen molar-refractivity contribution >= 4 is 5.91 Å². The second-order valence-corrected chi connectivity index (χ2v) is 6.93. The number of ether oxygens (including phenoxy) is 3. The SMILES string of the molecule is COCCN(Cc1ccc2c(c1)OCO2)C(=O)CCc1ccc(C)cc1C. The van der Waals surface area contributed by atoms with E-state index in [-0.39, 0.29) is 12.7 Å². The molecule has 0 N–H and O–H groups in total. The van der Waals surface area contributed by atoms with Crippen molar-refractivity contribution < 1.29 is 19.0 Å². The largest absolute Gasteiger partial charge is 0.454 e. The number of aryl methyl sites for hydroxylation is 3. The maximum Gasteiger partial charge on any atom is 0.231 e. The van der Waals surface area contributed by atoms with E-state index in [0.29, 0.717) is 26.1 Å². The Balaban J connectivity index is 1.65. The fourth-order valence-corrected chi connectivity index (χ4v) is 3.28. The lowest BCUT2D eigenvalue weighted by Crippen LogP contribution is -2.33. The summed E-state index contributed by atoms with van der Waals surface area (Å²) in [6.07, 6.45) is 1.23. The van der Waals surface area contributed by atoms with E-state index in [4.69, 9.17) is 14.2 Å². The summed E-state index contributed by atoms with van der Waals surface area (Å²) in [6, 6.07) is 12.2. The number of carbonyl (C=O) groups is 1. The first-order valence-electron chi connectivity index (χ1n) is 9.28. The van der Waals surface area contributed by atoms with Crippen LogP contribution in [0.3, 0.4) is 0 Å². The van der Waals surface area contributed by atoms with Crippen LogP contribution in [-0.4, -0.2) is 37.9 Å². The van der Waals surface area contributed by atoms with Crippen LogP contribution < -0.4 is 9.47 Å². The smallest absolute Gasteiger partial charge is 0.231 e. The number of carbonyl (C=O) groups excluding carboxylic acids is 1. The van der Waals surface area contributed by atoms with Crippen LogP contribution in [0.15, 0.2) is 36.4 Å². The molecule has 2 aromatic carbocycles. The average molecular weight is 369 g/mol. The number of amides is 1. The minimum atomic E-state index is 0.129. The first kappa shape index (κ1) is 19.2. The lowest BCUT2D eigenvalue weighted by molar-refractivity contribution is -0.132. The van der Waals surface area contributed by atoms with Crippen molar-refractivity contribution in [3.63, 3.8) is 0 Å². The third-order valence-electron chi connectivity index (χ3n) is 4.83. The topological polar surface area (TPSA) is 48.0 Å². The molecule has 0 aliphatic carbocycles. The fraction of sp³-hybridized carbons (Fsp3) is 0.409. The molecule has 0 bridgehead atoms. The van der Waals surface area contributed by atoms with Crippen LogP contribution >= 0.6 is 0 Å². The van der Waals surface area contributed by atoms with Crippen LogP contribution in [-0.2, 0) is 22.5 Å². The first-order valence-corrected chi connectivity index (χ1v) is 9.28. The molecule has 1 heterocycles. The van der Waals surface area contributed by atoms with Gasteiger partial charge in [-0.15, -0.1) is 0 Å². The molecule has 0 unspecified atom stereocenters. The van der Waals surface area contributed by atoms with Crippen LogP contribution in [0.2, 0.25) is 0 Å². The maximum atomic E-state index is 12.9. The highest BCUT2D eigenvalue weighted by Crippen LogP contribution is 2.32. The predicted molar refractivity (Wildman–Crippen MR) is 104 cm³/mol. The molecule has 5 heteroatoms. The van der Waals surface area contributed by atoms with Gasteiger partial charge in [-0.2, -0.15) is 0 Å². The molecule has 5 nitrogen and oxygen atoms in total. The van der Waals surface area contributed by atoms with E-state index in [1.165, 1.54) is 16.7 Å². The second-order valence-electron chi connectivity index (χ2n) is 6.93. The number of hydrogen-bond acceptors (Lipinski definition) is 4. The summed E-state index contributed by atoms with van der Waals surface area (Å²) in [5.41, 5.74) is 4.73. The molecule has 0 saturated heterocycles. The molecule has 0 radical (unpaired) electrons. The Labute approximate surface area is 160 Å². The lowest BCUT2D eigenvalue weighted by atomic mass is 10.0. The van der Waals surface area contributed by atoms with Crippen LogP contribution in [0.5, 0.6) is 11.5 Å². The summed E-state index contributed by atoms with van der Waals surface area (Å²) in [5, 5.41) is 0. The molecule has 0 aromatic heterocycles. The van der Waals surface area contributed by atoms with Crippen molar-refractivity contribution in [2.45, 2.75) is 33.2 Å². The molecule has 1 aliphatic rings. The fourth-order valence-electron chi connectivity index (χ4n) is 3.28. The van der Waals surface area contributed by atoms with Gasteiger partial charge in [-0.3, -0.25) is 4.79 Å². The van der Waals surface area contributed by atoms with Crippen LogP contribution in [0, 0.1) is 13.8 Å². The Hall–Kier alpha value is -2.53. The molecular formula is C22H27NO4. The Morgan fingerprint density at radius 1 is 1.11 bits per heavy atom. The molecule has 0 atom stereocenters. The highest BCUT2D eigenvalue weighted by atomic mass is 16.7. The van der Waals surface area contributed by atoms with Gasteiger partial charge in [0.15, 0.2) is 11.5 Å². The zero-order valence-electron chi connectivity index (χ0n) is 16.3. The molecule has 1 amide bonds. The molecule has 0 fully saturated rings. The summed E-state index contributed by atoms with van der Waals surface area (Å²) >= 11 is 0. The molecule has 144 valence electrons. The van der Waals surface area contributed by atoms with Crippen molar-refractivity contribution in [2.24, 2.45) is 0 Å². The van der Waals surface area contributed by atoms with Crippen molar-refractivity contribution in [3.8, 4) is 11.5 Å². The monoisotopic (exact) mass is 369 g/mol. The quantitative estimate of drug-likeness (QED) is 0.713. The van der Waals surface area contributed by atoms with Crippen LogP contribution in [0.25, 0.3) is 0 Å². The zero-order valence-corrected chi connectivity index (χ0v) is 16.3. The molecule has 2 aromatic rings. The number of benzene rings is 2. The van der Waals surface area contributed by atoms with Gasteiger partial charge in [0, 0.05) is 26.6 Å². The Morgan fingerprint density at radius 3 is 2.70 bits per heavy atom. The minimum Gasteiger partial charge on any atom is -0.454 e. The molecule has 0 spiro atoms. The Morgan fingerprint density at radius 2 is 1.93 bits per heavy atom. The number of fused-ring (bicyclic) bond motifs is 1. The lowest BCUT2D eigenvalue weighted by Gasteiger charge is -2.23. The number of rotatable bonds is 8. The van der Waals surface area contributed by atoms with E-state index >= 15 is 0 Å².